The van der Waals surface area contributed by atoms with Crippen LogP contribution >= 0.6 is 0 Å². The van der Waals surface area contributed by atoms with E-state index in [0.29, 0.717) is 0 Å². The quantitative estimate of drug-likeness (QED) is 0.600. The zero-order chi connectivity index (χ0) is 7.40. The normalized spacial score (nSPS) is 9.40. The first-order valence-electron chi connectivity index (χ1n) is 3.53. The minimum Gasteiger partial charge on any atom is -0.275 e. The second-order valence-corrected chi connectivity index (χ2v) is 2.23. The summed E-state index contributed by atoms with van der Waals surface area (Å²) in [6, 6.07) is 6.10. The maximum Gasteiger partial charge on any atom is 0.274 e. The summed E-state index contributed by atoms with van der Waals surface area (Å²) in [4.78, 5) is 0. The first-order chi connectivity index (χ1) is 4.84. The van der Waals surface area contributed by atoms with Gasteiger partial charge in [-0.3, -0.25) is 5.32 Å². The summed E-state index contributed by atoms with van der Waals surface area (Å²) in [5.74, 6) is 1.16. The Hall–Kier alpha value is -1.05. The average molecular weight is 137 g/mol. The Labute approximate surface area is 61.5 Å². The molecule has 0 bridgehead atoms. The van der Waals surface area contributed by atoms with Crippen LogP contribution in [0.15, 0.2) is 24.4 Å². The van der Waals surface area contributed by atoms with E-state index in [2.05, 4.69) is 22.9 Å². The molecule has 1 heterocycles. The maximum absolute atomic E-state index is 3.24. The van der Waals surface area contributed by atoms with Crippen molar-refractivity contribution in [3.63, 3.8) is 0 Å². The van der Waals surface area contributed by atoms with Gasteiger partial charge in [-0.2, -0.15) is 0 Å². The van der Waals surface area contributed by atoms with Crippen LogP contribution in [0.4, 0.5) is 5.82 Å². The molecule has 0 saturated carbocycles. The predicted octanol–water partition coefficient (Wildman–Crippen LogP) is 0.943. The smallest absolute Gasteiger partial charge is 0.274 e. The van der Waals surface area contributed by atoms with Gasteiger partial charge in [0.2, 0.25) is 0 Å². The lowest BCUT2D eigenvalue weighted by atomic mass is 10.4. The van der Waals surface area contributed by atoms with Crippen molar-refractivity contribution in [3.8, 4) is 0 Å². The van der Waals surface area contributed by atoms with Crippen molar-refractivity contribution in [2.45, 2.75) is 6.92 Å². The summed E-state index contributed by atoms with van der Waals surface area (Å²) in [7, 11) is 2.03. The van der Waals surface area contributed by atoms with Crippen molar-refractivity contribution >= 4 is 5.82 Å². The molecule has 1 rings (SSSR count). The maximum atomic E-state index is 3.24. The fourth-order valence-electron chi connectivity index (χ4n) is 0.888. The van der Waals surface area contributed by atoms with Crippen LogP contribution in [0.3, 0.4) is 0 Å². The van der Waals surface area contributed by atoms with E-state index >= 15 is 0 Å². The van der Waals surface area contributed by atoms with Gasteiger partial charge in [0.25, 0.3) is 5.82 Å². The first-order valence-corrected chi connectivity index (χ1v) is 3.53. The molecule has 0 spiro atoms. The third kappa shape index (κ3) is 1.47. The molecule has 0 amide bonds. The molecule has 0 aliphatic carbocycles. The van der Waals surface area contributed by atoms with Gasteiger partial charge >= 0.3 is 0 Å². The summed E-state index contributed by atoms with van der Waals surface area (Å²) in [6.45, 7) is 3.06. The van der Waals surface area contributed by atoms with Gasteiger partial charge in [-0.1, -0.05) is 6.07 Å². The Bertz CT molecular complexity index is 208. The van der Waals surface area contributed by atoms with E-state index in [0.717, 1.165) is 12.4 Å². The molecule has 0 saturated heterocycles. The number of pyridine rings is 1. The molecule has 1 aromatic rings. The third-order valence-corrected chi connectivity index (χ3v) is 1.41. The molecular formula is C8H13N2+. The number of anilines is 1. The van der Waals surface area contributed by atoms with Crippen LogP contribution in [0, 0.1) is 0 Å². The Morgan fingerprint density at radius 3 is 2.90 bits per heavy atom. The van der Waals surface area contributed by atoms with Gasteiger partial charge in [-0.15, -0.1) is 0 Å². The minimum absolute atomic E-state index is 0.970. The van der Waals surface area contributed by atoms with Gasteiger partial charge in [0.15, 0.2) is 0 Å². The molecule has 2 nitrogen and oxygen atoms in total. The van der Waals surface area contributed by atoms with Crippen LogP contribution in [0.25, 0.3) is 0 Å². The molecule has 10 heavy (non-hydrogen) atoms. The monoisotopic (exact) mass is 137 g/mol. The van der Waals surface area contributed by atoms with Crippen molar-refractivity contribution in [2.75, 3.05) is 11.9 Å². The van der Waals surface area contributed by atoms with Gasteiger partial charge in [-0.05, 0) is 13.0 Å². The van der Waals surface area contributed by atoms with Crippen molar-refractivity contribution in [1.82, 2.24) is 0 Å². The molecule has 2 heteroatoms. The van der Waals surface area contributed by atoms with E-state index in [1.165, 1.54) is 0 Å². The third-order valence-electron chi connectivity index (χ3n) is 1.41. The second-order valence-electron chi connectivity index (χ2n) is 2.23. The summed E-state index contributed by atoms with van der Waals surface area (Å²) >= 11 is 0. The van der Waals surface area contributed by atoms with Gasteiger partial charge in [0.1, 0.15) is 0 Å². The first kappa shape index (κ1) is 7.06. The minimum atomic E-state index is 0.970. The van der Waals surface area contributed by atoms with E-state index in [-0.39, 0.29) is 0 Å². The van der Waals surface area contributed by atoms with E-state index in [1.54, 1.807) is 0 Å². The molecule has 1 aromatic heterocycles. The number of hydrogen-bond acceptors (Lipinski definition) is 1. The molecule has 0 fully saturated rings. The number of nitrogens with one attached hydrogen (secondary N) is 1. The largest absolute Gasteiger partial charge is 0.275 e. The topological polar surface area (TPSA) is 15.9 Å². The van der Waals surface area contributed by atoms with Gasteiger partial charge in [0, 0.05) is 6.07 Å². The van der Waals surface area contributed by atoms with Gasteiger partial charge < -0.3 is 0 Å². The molecule has 0 radical (unpaired) electrons. The highest BCUT2D eigenvalue weighted by molar-refractivity contribution is 5.26. The highest BCUT2D eigenvalue weighted by Gasteiger charge is 1.98. The predicted molar refractivity (Wildman–Crippen MR) is 41.8 cm³/mol. The van der Waals surface area contributed by atoms with Crippen molar-refractivity contribution in [3.05, 3.63) is 24.4 Å². The van der Waals surface area contributed by atoms with Crippen LogP contribution in [0.2, 0.25) is 0 Å². The number of nitrogens with zero attached hydrogens (tertiary/aromatic N) is 1. The molecule has 0 aliphatic heterocycles. The number of aryl methyl sites for hydroxylation is 1. The summed E-state index contributed by atoms with van der Waals surface area (Å²) in [6.07, 6.45) is 2.03. The lowest BCUT2D eigenvalue weighted by Crippen LogP contribution is -2.31. The average Bonchev–Trinajstić information content (AvgIpc) is 1.94. The van der Waals surface area contributed by atoms with Crippen molar-refractivity contribution in [1.29, 1.82) is 0 Å². The molecule has 54 valence electrons. The van der Waals surface area contributed by atoms with Crippen molar-refractivity contribution in [2.24, 2.45) is 7.05 Å². The number of hydrogen-bond donors (Lipinski definition) is 1. The second kappa shape index (κ2) is 3.20. The molecule has 0 unspecified atom stereocenters. The molecule has 0 aliphatic rings. The lowest BCUT2D eigenvalue weighted by molar-refractivity contribution is -0.657. The zero-order valence-corrected chi connectivity index (χ0v) is 6.46. The molecule has 0 atom stereocenters. The molecule has 1 N–H and O–H groups in total. The number of aromatic nitrogens is 1. The summed E-state index contributed by atoms with van der Waals surface area (Å²) in [5.41, 5.74) is 0. The SMILES string of the molecule is CCNc1cccc[n+]1C. The highest BCUT2D eigenvalue weighted by atomic mass is 15.1. The molecular weight excluding hydrogens is 124 g/mol. The van der Waals surface area contributed by atoms with Crippen molar-refractivity contribution < 1.29 is 4.57 Å². The Kier molecular flexibility index (Phi) is 2.26. The molecule has 0 aromatic carbocycles. The van der Waals surface area contributed by atoms with E-state index in [1.807, 2.05) is 25.4 Å². The Balaban J connectivity index is 2.81. The van der Waals surface area contributed by atoms with Crippen LogP contribution in [-0.4, -0.2) is 6.54 Å². The van der Waals surface area contributed by atoms with E-state index < -0.39 is 0 Å². The van der Waals surface area contributed by atoms with E-state index in [9.17, 15) is 0 Å². The Morgan fingerprint density at radius 1 is 1.50 bits per heavy atom. The fraction of sp³-hybridized carbons (Fsp3) is 0.375. The standard InChI is InChI=1S/C8H12N2/c1-3-9-8-6-4-5-7-10(8)2/h4-7H,3H2,1-2H3/p+1. The van der Waals surface area contributed by atoms with Gasteiger partial charge in [-0.25, -0.2) is 4.57 Å². The van der Waals surface area contributed by atoms with Crippen LogP contribution in [0.1, 0.15) is 6.92 Å². The lowest BCUT2D eigenvalue weighted by Gasteiger charge is -1.98. The summed E-state index contributed by atoms with van der Waals surface area (Å²) < 4.78 is 2.06. The Morgan fingerprint density at radius 2 is 2.30 bits per heavy atom. The zero-order valence-electron chi connectivity index (χ0n) is 6.46. The van der Waals surface area contributed by atoms with Crippen LogP contribution in [-0.2, 0) is 7.05 Å². The highest BCUT2D eigenvalue weighted by Crippen LogP contribution is 1.94. The number of rotatable bonds is 2. The van der Waals surface area contributed by atoms with E-state index in [4.69, 9.17) is 0 Å². The van der Waals surface area contributed by atoms with Crippen LogP contribution in [0.5, 0.6) is 0 Å². The van der Waals surface area contributed by atoms with Crippen LogP contribution < -0.4 is 9.88 Å². The van der Waals surface area contributed by atoms with Gasteiger partial charge in [0.05, 0.1) is 19.8 Å². The fourth-order valence-corrected chi connectivity index (χ4v) is 0.888. The summed E-state index contributed by atoms with van der Waals surface area (Å²) in [5, 5.41) is 3.24.